The first-order chi connectivity index (χ1) is 6.27. The number of hydrogen-bond acceptors (Lipinski definition) is 2. The fraction of sp³-hybridized carbons (Fsp3) is 0.455. The summed E-state index contributed by atoms with van der Waals surface area (Å²) < 4.78 is 5.62. The molecule has 0 aliphatic heterocycles. The van der Waals surface area contributed by atoms with Gasteiger partial charge < -0.3 is 9.84 Å². The normalized spacial score (nSPS) is 18.2. The van der Waals surface area contributed by atoms with Gasteiger partial charge in [-0.2, -0.15) is 0 Å². The van der Waals surface area contributed by atoms with Gasteiger partial charge in [-0.25, -0.2) is 0 Å². The molecule has 0 bridgehead atoms. The first kappa shape index (κ1) is 8.42. The lowest BCUT2D eigenvalue weighted by Crippen LogP contribution is -2.13. The van der Waals surface area contributed by atoms with E-state index in [0.717, 1.165) is 0 Å². The van der Waals surface area contributed by atoms with Gasteiger partial charge in [0.05, 0.1) is 6.10 Å². The standard InChI is InChI=1S/C11H14O2/c1-8(9-6-7-9)13-11-5-3-2-4-10(11)12/h2-5,8-9,12H,6-7H2,1H3. The fourth-order valence-electron chi connectivity index (χ4n) is 1.42. The Morgan fingerprint density at radius 3 is 2.69 bits per heavy atom. The molecule has 1 fully saturated rings. The number of rotatable bonds is 3. The van der Waals surface area contributed by atoms with Crippen molar-refractivity contribution in [3.05, 3.63) is 24.3 Å². The molecule has 0 radical (unpaired) electrons. The summed E-state index contributed by atoms with van der Waals surface area (Å²) in [4.78, 5) is 0. The van der Waals surface area contributed by atoms with Crippen LogP contribution in [-0.2, 0) is 0 Å². The Bertz CT molecular complexity index is 292. The summed E-state index contributed by atoms with van der Waals surface area (Å²) in [6.07, 6.45) is 2.75. The van der Waals surface area contributed by atoms with Crippen LogP contribution in [0.25, 0.3) is 0 Å². The molecular formula is C11H14O2. The van der Waals surface area contributed by atoms with Crippen LogP contribution in [0.5, 0.6) is 11.5 Å². The van der Waals surface area contributed by atoms with E-state index in [4.69, 9.17) is 4.74 Å². The molecule has 1 aromatic carbocycles. The van der Waals surface area contributed by atoms with Gasteiger partial charge in [0.2, 0.25) is 0 Å². The van der Waals surface area contributed by atoms with Crippen molar-refractivity contribution < 1.29 is 9.84 Å². The van der Waals surface area contributed by atoms with E-state index in [1.54, 1.807) is 18.2 Å². The molecular weight excluding hydrogens is 164 g/mol. The molecule has 13 heavy (non-hydrogen) atoms. The van der Waals surface area contributed by atoms with Gasteiger partial charge in [0.25, 0.3) is 0 Å². The Labute approximate surface area is 78.2 Å². The van der Waals surface area contributed by atoms with Crippen molar-refractivity contribution in [2.45, 2.75) is 25.9 Å². The first-order valence-electron chi connectivity index (χ1n) is 4.72. The van der Waals surface area contributed by atoms with E-state index in [9.17, 15) is 5.11 Å². The van der Waals surface area contributed by atoms with Crippen LogP contribution in [0.2, 0.25) is 0 Å². The molecule has 70 valence electrons. The average molecular weight is 178 g/mol. The second-order valence-electron chi connectivity index (χ2n) is 3.63. The van der Waals surface area contributed by atoms with Gasteiger partial charge in [0.1, 0.15) is 0 Å². The van der Waals surface area contributed by atoms with Gasteiger partial charge in [-0.1, -0.05) is 12.1 Å². The molecule has 0 heterocycles. The summed E-state index contributed by atoms with van der Waals surface area (Å²) >= 11 is 0. The highest BCUT2D eigenvalue weighted by molar-refractivity contribution is 5.38. The minimum absolute atomic E-state index is 0.230. The topological polar surface area (TPSA) is 29.5 Å². The highest BCUT2D eigenvalue weighted by atomic mass is 16.5. The van der Waals surface area contributed by atoms with Crippen LogP contribution in [0.3, 0.4) is 0 Å². The zero-order valence-corrected chi connectivity index (χ0v) is 7.73. The summed E-state index contributed by atoms with van der Waals surface area (Å²) in [5.41, 5.74) is 0. The van der Waals surface area contributed by atoms with E-state index in [-0.39, 0.29) is 11.9 Å². The van der Waals surface area contributed by atoms with Gasteiger partial charge in [-0.05, 0) is 37.8 Å². The average Bonchev–Trinajstić information content (AvgIpc) is 2.91. The number of hydrogen-bond donors (Lipinski definition) is 1. The number of aromatic hydroxyl groups is 1. The quantitative estimate of drug-likeness (QED) is 0.770. The van der Waals surface area contributed by atoms with Crippen LogP contribution < -0.4 is 4.74 Å². The maximum absolute atomic E-state index is 9.44. The number of para-hydroxylation sites is 2. The summed E-state index contributed by atoms with van der Waals surface area (Å²) in [7, 11) is 0. The molecule has 0 spiro atoms. The monoisotopic (exact) mass is 178 g/mol. The lowest BCUT2D eigenvalue weighted by Gasteiger charge is -2.14. The molecule has 1 unspecified atom stereocenters. The van der Waals surface area contributed by atoms with Crippen molar-refractivity contribution in [3.63, 3.8) is 0 Å². The number of phenolic OH excluding ortho intramolecular Hbond substituents is 1. The van der Waals surface area contributed by atoms with Crippen LogP contribution >= 0.6 is 0 Å². The Kier molecular flexibility index (Phi) is 2.13. The Balaban J connectivity index is 2.03. The molecule has 1 N–H and O–H groups in total. The summed E-state index contributed by atoms with van der Waals surface area (Å²) in [5.74, 6) is 1.52. The molecule has 1 saturated carbocycles. The molecule has 0 saturated heterocycles. The second-order valence-corrected chi connectivity index (χ2v) is 3.63. The molecule has 0 aromatic heterocycles. The predicted octanol–water partition coefficient (Wildman–Crippen LogP) is 2.57. The van der Waals surface area contributed by atoms with Crippen molar-refractivity contribution in [3.8, 4) is 11.5 Å². The number of benzene rings is 1. The lowest BCUT2D eigenvalue weighted by molar-refractivity contribution is 0.190. The van der Waals surface area contributed by atoms with Gasteiger partial charge >= 0.3 is 0 Å². The molecule has 2 nitrogen and oxygen atoms in total. The predicted molar refractivity (Wildman–Crippen MR) is 50.9 cm³/mol. The fourth-order valence-corrected chi connectivity index (χ4v) is 1.42. The van der Waals surface area contributed by atoms with Crippen molar-refractivity contribution in [1.29, 1.82) is 0 Å². The third-order valence-electron chi connectivity index (χ3n) is 2.46. The molecule has 1 aromatic rings. The SMILES string of the molecule is CC(Oc1ccccc1O)C1CC1. The minimum atomic E-state index is 0.230. The summed E-state index contributed by atoms with van der Waals surface area (Å²) in [5, 5.41) is 9.44. The van der Waals surface area contributed by atoms with Crippen LogP contribution in [-0.4, -0.2) is 11.2 Å². The first-order valence-corrected chi connectivity index (χ1v) is 4.72. The Hall–Kier alpha value is -1.18. The van der Waals surface area contributed by atoms with Crippen molar-refractivity contribution in [2.24, 2.45) is 5.92 Å². The van der Waals surface area contributed by atoms with Crippen LogP contribution in [0.15, 0.2) is 24.3 Å². The van der Waals surface area contributed by atoms with Gasteiger partial charge in [0, 0.05) is 0 Å². The third kappa shape index (κ3) is 1.94. The van der Waals surface area contributed by atoms with Crippen molar-refractivity contribution in [2.75, 3.05) is 0 Å². The van der Waals surface area contributed by atoms with E-state index in [1.807, 2.05) is 6.07 Å². The summed E-state index contributed by atoms with van der Waals surface area (Å²) in [6.45, 7) is 2.06. The van der Waals surface area contributed by atoms with Crippen LogP contribution in [0.4, 0.5) is 0 Å². The van der Waals surface area contributed by atoms with E-state index >= 15 is 0 Å². The third-order valence-corrected chi connectivity index (χ3v) is 2.46. The van der Waals surface area contributed by atoms with Crippen molar-refractivity contribution >= 4 is 0 Å². The maximum atomic E-state index is 9.44. The van der Waals surface area contributed by atoms with E-state index in [1.165, 1.54) is 12.8 Å². The zero-order valence-electron chi connectivity index (χ0n) is 7.73. The molecule has 2 rings (SSSR count). The zero-order chi connectivity index (χ0) is 9.26. The van der Waals surface area contributed by atoms with Crippen molar-refractivity contribution in [1.82, 2.24) is 0 Å². The van der Waals surface area contributed by atoms with Gasteiger partial charge in [-0.3, -0.25) is 0 Å². The Morgan fingerprint density at radius 2 is 2.08 bits per heavy atom. The highest BCUT2D eigenvalue weighted by Gasteiger charge is 2.29. The Morgan fingerprint density at radius 1 is 1.38 bits per heavy atom. The molecule has 0 amide bonds. The number of ether oxygens (including phenoxy) is 1. The largest absolute Gasteiger partial charge is 0.504 e. The van der Waals surface area contributed by atoms with Gasteiger partial charge in [-0.15, -0.1) is 0 Å². The summed E-state index contributed by atoms with van der Waals surface area (Å²) in [6, 6.07) is 7.11. The molecule has 1 aliphatic rings. The molecule has 1 atom stereocenters. The number of phenols is 1. The maximum Gasteiger partial charge on any atom is 0.161 e. The van der Waals surface area contributed by atoms with E-state index in [2.05, 4.69) is 6.92 Å². The highest BCUT2D eigenvalue weighted by Crippen LogP contribution is 2.36. The van der Waals surface area contributed by atoms with E-state index in [0.29, 0.717) is 11.7 Å². The smallest absolute Gasteiger partial charge is 0.161 e. The van der Waals surface area contributed by atoms with Gasteiger partial charge in [0.15, 0.2) is 11.5 Å². The lowest BCUT2D eigenvalue weighted by atomic mass is 10.2. The van der Waals surface area contributed by atoms with E-state index < -0.39 is 0 Å². The molecule has 1 aliphatic carbocycles. The molecule has 2 heteroatoms. The van der Waals surface area contributed by atoms with Crippen LogP contribution in [0, 0.1) is 5.92 Å². The minimum Gasteiger partial charge on any atom is -0.504 e. The van der Waals surface area contributed by atoms with Crippen LogP contribution in [0.1, 0.15) is 19.8 Å². The second kappa shape index (κ2) is 3.29.